The molecule has 2 unspecified atom stereocenters. The van der Waals surface area contributed by atoms with Gasteiger partial charge in [0.2, 0.25) is 5.91 Å². The second-order valence-corrected chi connectivity index (χ2v) is 10.7. The number of aromatic nitrogens is 1. The first kappa shape index (κ1) is 27.4. The second-order valence-electron chi connectivity index (χ2n) is 10.7. The predicted molar refractivity (Wildman–Crippen MR) is 139 cm³/mol. The van der Waals surface area contributed by atoms with Crippen molar-refractivity contribution in [2.75, 3.05) is 38.0 Å². The van der Waals surface area contributed by atoms with Gasteiger partial charge in [-0.2, -0.15) is 13.2 Å². The Hall–Kier alpha value is -3.18. The van der Waals surface area contributed by atoms with E-state index >= 15 is 0 Å². The fourth-order valence-electron chi connectivity index (χ4n) is 5.99. The Bertz CT molecular complexity index is 1220. The Balaban J connectivity index is 1.28. The maximum Gasteiger partial charge on any atom is 0.418 e. The lowest BCUT2D eigenvalue weighted by Crippen LogP contribution is -2.56. The van der Waals surface area contributed by atoms with Crippen LogP contribution in [0.2, 0.25) is 0 Å². The van der Waals surface area contributed by atoms with Gasteiger partial charge in [-0.25, -0.2) is 4.98 Å². The van der Waals surface area contributed by atoms with Gasteiger partial charge in [0.05, 0.1) is 17.2 Å². The van der Waals surface area contributed by atoms with Crippen LogP contribution < -0.4 is 5.32 Å². The van der Waals surface area contributed by atoms with Gasteiger partial charge < -0.3 is 20.2 Å². The highest BCUT2D eigenvalue weighted by Crippen LogP contribution is 2.34. The Morgan fingerprint density at radius 3 is 2.38 bits per heavy atom. The molecule has 11 heteroatoms. The number of halogens is 3. The van der Waals surface area contributed by atoms with Gasteiger partial charge >= 0.3 is 6.18 Å². The van der Waals surface area contributed by atoms with Gasteiger partial charge in [-0.05, 0) is 42.9 Å². The first-order valence-electron chi connectivity index (χ1n) is 13.5. The lowest BCUT2D eigenvalue weighted by Gasteiger charge is -2.43. The van der Waals surface area contributed by atoms with E-state index in [2.05, 4.69) is 27.3 Å². The summed E-state index contributed by atoms with van der Waals surface area (Å²) >= 11 is 0. The second kappa shape index (κ2) is 11.1. The summed E-state index contributed by atoms with van der Waals surface area (Å²) in [6.07, 6.45) is -2.30. The van der Waals surface area contributed by atoms with Gasteiger partial charge in [-0.3, -0.25) is 14.5 Å². The number of nitrogens with one attached hydrogen (secondary N) is 1. The number of alkyl halides is 3. The molecule has 2 amide bonds. The molecule has 39 heavy (non-hydrogen) atoms. The van der Waals surface area contributed by atoms with Crippen LogP contribution in [0.5, 0.6) is 0 Å². The summed E-state index contributed by atoms with van der Waals surface area (Å²) in [5.41, 5.74) is 0.947. The van der Waals surface area contributed by atoms with Gasteiger partial charge in [0, 0.05) is 64.5 Å². The largest absolute Gasteiger partial charge is 0.418 e. The number of nitrogens with zero attached hydrogens (tertiary/aromatic N) is 4. The fraction of sp³-hybridized carbons (Fsp3) is 0.536. The number of carbonyl (C=O) groups is 2. The molecule has 2 fully saturated rings. The van der Waals surface area contributed by atoms with Crippen molar-refractivity contribution in [3.8, 4) is 0 Å². The molecule has 3 aliphatic heterocycles. The Labute approximate surface area is 225 Å². The molecule has 0 radical (unpaired) electrons. The van der Waals surface area contributed by atoms with E-state index in [0.29, 0.717) is 45.1 Å². The zero-order valence-electron chi connectivity index (χ0n) is 22.0. The van der Waals surface area contributed by atoms with Crippen LogP contribution in [0.1, 0.15) is 53.2 Å². The quantitative estimate of drug-likeness (QED) is 0.614. The van der Waals surface area contributed by atoms with Gasteiger partial charge in [0.15, 0.2) is 0 Å². The number of hydrogen-bond donors (Lipinski definition) is 2. The molecule has 3 aliphatic rings. The van der Waals surface area contributed by atoms with E-state index in [-0.39, 0.29) is 36.9 Å². The summed E-state index contributed by atoms with van der Waals surface area (Å²) in [6, 6.07) is 9.12. The number of carbonyl (C=O) groups excluding carboxylic acids is 2. The number of pyridine rings is 1. The molecule has 210 valence electrons. The lowest BCUT2D eigenvalue weighted by atomic mass is 9.93. The minimum atomic E-state index is -4.75. The standard InChI is InChI=1S/C28H34F3N5O3/c1-18(37)34-11-7-21(8-12-34)33-26-14-22(23(15-32-26)28(29,30)31)27(39)36-13-9-24(25(38)17-36)35-10-6-19-4-2-3-5-20(19)16-35/h2-5,14-15,21,24-25,38H,6-13,16-17H2,1H3,(H,32,33). The molecule has 2 atom stereocenters. The number of hydrogen-bond acceptors (Lipinski definition) is 6. The van der Waals surface area contributed by atoms with Crippen LogP contribution in [0, 0.1) is 0 Å². The zero-order chi connectivity index (χ0) is 27.7. The van der Waals surface area contributed by atoms with Crippen LogP contribution in [-0.2, 0) is 23.9 Å². The molecular formula is C28H34F3N5O3. The van der Waals surface area contributed by atoms with Crippen molar-refractivity contribution in [2.45, 2.75) is 63.5 Å². The van der Waals surface area contributed by atoms with Crippen LogP contribution in [-0.4, -0.2) is 87.5 Å². The smallest absolute Gasteiger partial charge is 0.390 e. The monoisotopic (exact) mass is 545 g/mol. The molecule has 0 aliphatic carbocycles. The topological polar surface area (TPSA) is 89.0 Å². The molecule has 2 saturated heterocycles. The average molecular weight is 546 g/mol. The summed E-state index contributed by atoms with van der Waals surface area (Å²) in [5.74, 6) is -0.583. The number of benzene rings is 1. The molecule has 4 heterocycles. The summed E-state index contributed by atoms with van der Waals surface area (Å²) in [7, 11) is 0. The van der Waals surface area contributed by atoms with E-state index in [1.165, 1.54) is 29.0 Å². The van der Waals surface area contributed by atoms with E-state index < -0.39 is 29.3 Å². The fourth-order valence-corrected chi connectivity index (χ4v) is 5.99. The predicted octanol–water partition coefficient (Wildman–Crippen LogP) is 3.16. The number of β-amino-alcohol motifs (C(OH)–C–C–N with tert-alkyl or cyclic N) is 1. The van der Waals surface area contributed by atoms with E-state index in [9.17, 15) is 27.9 Å². The highest BCUT2D eigenvalue weighted by Gasteiger charge is 2.40. The SMILES string of the molecule is CC(=O)N1CCC(Nc2cc(C(=O)N3CCC(N4CCc5ccccc5C4)C(O)C3)c(C(F)(F)F)cn2)CC1. The number of piperidine rings is 2. The van der Waals surface area contributed by atoms with E-state index in [0.717, 1.165) is 13.0 Å². The van der Waals surface area contributed by atoms with Gasteiger partial charge in [0.1, 0.15) is 5.82 Å². The Kier molecular flexibility index (Phi) is 7.82. The number of fused-ring (bicyclic) bond motifs is 1. The number of likely N-dealkylation sites (tertiary alicyclic amines) is 2. The van der Waals surface area contributed by atoms with Gasteiger partial charge in [0.25, 0.3) is 5.91 Å². The summed E-state index contributed by atoms with van der Waals surface area (Å²) < 4.78 is 41.6. The normalized spacial score (nSPS) is 22.9. The number of amides is 2. The van der Waals surface area contributed by atoms with Crippen LogP contribution in [0.15, 0.2) is 36.5 Å². The number of rotatable bonds is 4. The molecule has 8 nitrogen and oxygen atoms in total. The first-order chi connectivity index (χ1) is 18.6. The molecule has 0 bridgehead atoms. The molecule has 5 rings (SSSR count). The van der Waals surface area contributed by atoms with Crippen molar-refractivity contribution in [1.82, 2.24) is 19.7 Å². The third-order valence-corrected chi connectivity index (χ3v) is 8.19. The maximum absolute atomic E-state index is 13.9. The van der Waals surface area contributed by atoms with E-state index in [1.807, 2.05) is 12.1 Å². The van der Waals surface area contributed by atoms with E-state index in [1.54, 1.807) is 4.90 Å². The molecule has 0 spiro atoms. The van der Waals surface area contributed by atoms with Crippen LogP contribution >= 0.6 is 0 Å². The number of anilines is 1. The molecule has 2 aromatic rings. The lowest BCUT2D eigenvalue weighted by molar-refractivity contribution is -0.138. The molecular weight excluding hydrogens is 511 g/mol. The zero-order valence-corrected chi connectivity index (χ0v) is 22.0. The highest BCUT2D eigenvalue weighted by atomic mass is 19.4. The van der Waals surface area contributed by atoms with Crippen LogP contribution in [0.25, 0.3) is 0 Å². The first-order valence-corrected chi connectivity index (χ1v) is 13.5. The van der Waals surface area contributed by atoms with Crippen LogP contribution in [0.4, 0.5) is 19.0 Å². The summed E-state index contributed by atoms with van der Waals surface area (Å²) in [6.45, 7) is 4.32. The minimum absolute atomic E-state index is 0.00921. The van der Waals surface area contributed by atoms with Crippen molar-refractivity contribution >= 4 is 17.6 Å². The third-order valence-electron chi connectivity index (χ3n) is 8.19. The Morgan fingerprint density at radius 2 is 1.72 bits per heavy atom. The molecule has 1 aromatic carbocycles. The minimum Gasteiger partial charge on any atom is -0.390 e. The van der Waals surface area contributed by atoms with Crippen molar-refractivity contribution in [1.29, 1.82) is 0 Å². The van der Waals surface area contributed by atoms with Gasteiger partial charge in [-0.1, -0.05) is 24.3 Å². The van der Waals surface area contributed by atoms with Crippen molar-refractivity contribution in [2.24, 2.45) is 0 Å². The number of aliphatic hydroxyl groups excluding tert-OH is 1. The van der Waals surface area contributed by atoms with Crippen molar-refractivity contribution in [3.63, 3.8) is 0 Å². The Morgan fingerprint density at radius 1 is 1.03 bits per heavy atom. The highest BCUT2D eigenvalue weighted by molar-refractivity contribution is 5.96. The van der Waals surface area contributed by atoms with E-state index in [4.69, 9.17) is 0 Å². The third kappa shape index (κ3) is 6.04. The average Bonchev–Trinajstić information content (AvgIpc) is 2.92. The maximum atomic E-state index is 13.9. The van der Waals surface area contributed by atoms with Crippen molar-refractivity contribution < 1.29 is 27.9 Å². The molecule has 0 saturated carbocycles. The summed E-state index contributed by atoms with van der Waals surface area (Å²) in [4.78, 5) is 34.2. The van der Waals surface area contributed by atoms with Crippen molar-refractivity contribution in [3.05, 3.63) is 58.8 Å². The molecule has 1 aromatic heterocycles. The number of aliphatic hydroxyl groups is 1. The summed E-state index contributed by atoms with van der Waals surface area (Å²) in [5, 5.41) is 14.1. The van der Waals surface area contributed by atoms with Gasteiger partial charge in [-0.15, -0.1) is 0 Å². The van der Waals surface area contributed by atoms with Crippen LogP contribution in [0.3, 0.4) is 0 Å². The molecule has 2 N–H and O–H groups in total.